The predicted octanol–water partition coefficient (Wildman–Crippen LogP) is 1.27. The van der Waals surface area contributed by atoms with E-state index in [1.54, 1.807) is 0 Å². The molecule has 0 fully saturated rings. The van der Waals surface area contributed by atoms with Crippen molar-refractivity contribution >= 4 is 15.5 Å². The molecule has 1 N–H and O–H groups in total. The average molecular weight is 281 g/mol. The van der Waals surface area contributed by atoms with Gasteiger partial charge < -0.3 is 9.84 Å². The lowest BCUT2D eigenvalue weighted by molar-refractivity contribution is 0.376. The van der Waals surface area contributed by atoms with E-state index in [-0.39, 0.29) is 11.6 Å². The summed E-state index contributed by atoms with van der Waals surface area (Å²) in [5, 5.41) is 6.84. The number of hydrogen-bond donors (Lipinski definition) is 1. The van der Waals surface area contributed by atoms with Gasteiger partial charge >= 0.3 is 0 Å². The van der Waals surface area contributed by atoms with Gasteiger partial charge in [-0.15, -0.1) is 0 Å². The molecule has 0 radical (unpaired) electrons. The Labute approximate surface area is 111 Å². The molecule has 6 nitrogen and oxygen atoms in total. The van der Waals surface area contributed by atoms with Gasteiger partial charge in [0, 0.05) is 24.9 Å². The van der Waals surface area contributed by atoms with E-state index in [1.165, 1.54) is 0 Å². The van der Waals surface area contributed by atoms with Crippen molar-refractivity contribution < 1.29 is 12.9 Å². The van der Waals surface area contributed by atoms with Crippen molar-refractivity contribution in [1.82, 2.24) is 10.1 Å². The van der Waals surface area contributed by atoms with Crippen molar-refractivity contribution in [2.75, 3.05) is 18.1 Å². The molecular weight excluding hydrogens is 266 g/mol. The highest BCUT2D eigenvalue weighted by Gasteiger charge is 2.11. The normalized spacial score (nSPS) is 11.4. The highest BCUT2D eigenvalue weighted by atomic mass is 32.2. The minimum absolute atomic E-state index is 0.192. The molecule has 7 heteroatoms. The Kier molecular flexibility index (Phi) is 4.16. The molecule has 0 atom stereocenters. The quantitative estimate of drug-likeness (QED) is 0.858. The third kappa shape index (κ3) is 4.70. The summed E-state index contributed by atoms with van der Waals surface area (Å²) < 4.78 is 27.1. The van der Waals surface area contributed by atoms with E-state index in [2.05, 4.69) is 15.5 Å². The zero-order valence-electron chi connectivity index (χ0n) is 10.5. The number of para-hydroxylation sites is 1. The van der Waals surface area contributed by atoms with E-state index in [0.29, 0.717) is 18.9 Å². The fourth-order valence-corrected chi connectivity index (χ4v) is 2.14. The third-order valence-electron chi connectivity index (χ3n) is 2.34. The maximum absolute atomic E-state index is 11.1. The van der Waals surface area contributed by atoms with Crippen LogP contribution in [-0.2, 0) is 22.0 Å². The number of anilines is 1. The fraction of sp³-hybridized carbons (Fsp3) is 0.333. The first-order valence-electron chi connectivity index (χ1n) is 5.81. The molecule has 0 saturated heterocycles. The molecular formula is C12H15N3O3S. The molecule has 2 rings (SSSR count). The van der Waals surface area contributed by atoms with Crippen LogP contribution in [0.25, 0.3) is 0 Å². The molecule has 0 spiro atoms. The number of benzene rings is 1. The highest BCUT2D eigenvalue weighted by molar-refractivity contribution is 7.89. The number of nitrogens with zero attached hydrogens (tertiary/aromatic N) is 2. The van der Waals surface area contributed by atoms with Crippen LogP contribution in [0, 0.1) is 0 Å². The predicted molar refractivity (Wildman–Crippen MR) is 71.5 cm³/mol. The number of hydrogen-bond acceptors (Lipinski definition) is 6. The van der Waals surface area contributed by atoms with E-state index in [0.717, 1.165) is 11.9 Å². The van der Waals surface area contributed by atoms with Crippen molar-refractivity contribution in [3.05, 3.63) is 42.0 Å². The summed E-state index contributed by atoms with van der Waals surface area (Å²) in [6, 6.07) is 9.75. The summed E-state index contributed by atoms with van der Waals surface area (Å²) in [6.07, 6.45) is 1.69. The SMILES string of the molecule is CS(=O)(=O)Cc1noc(CCNc2ccccc2)n1. The minimum Gasteiger partial charge on any atom is -0.385 e. The monoisotopic (exact) mass is 281 g/mol. The van der Waals surface area contributed by atoms with E-state index in [4.69, 9.17) is 4.52 Å². The Morgan fingerprint density at radius 1 is 1.26 bits per heavy atom. The van der Waals surface area contributed by atoms with Crippen LogP contribution in [0.2, 0.25) is 0 Å². The van der Waals surface area contributed by atoms with E-state index < -0.39 is 9.84 Å². The summed E-state index contributed by atoms with van der Waals surface area (Å²) in [7, 11) is -3.13. The van der Waals surface area contributed by atoms with Crippen LogP contribution in [-0.4, -0.2) is 31.4 Å². The van der Waals surface area contributed by atoms with Gasteiger partial charge in [-0.2, -0.15) is 4.98 Å². The smallest absolute Gasteiger partial charge is 0.228 e. The molecule has 0 saturated carbocycles. The standard InChI is InChI=1S/C12H15N3O3S/c1-19(16,17)9-11-14-12(18-15-11)7-8-13-10-5-3-2-4-6-10/h2-6,13H,7-9H2,1H3. The van der Waals surface area contributed by atoms with Crippen molar-refractivity contribution in [3.8, 4) is 0 Å². The largest absolute Gasteiger partial charge is 0.385 e. The van der Waals surface area contributed by atoms with E-state index in [1.807, 2.05) is 30.3 Å². The van der Waals surface area contributed by atoms with Crippen LogP contribution in [0.5, 0.6) is 0 Å². The molecule has 0 aliphatic rings. The maximum Gasteiger partial charge on any atom is 0.228 e. The summed E-state index contributed by atoms with van der Waals surface area (Å²) in [4.78, 5) is 4.03. The third-order valence-corrected chi connectivity index (χ3v) is 3.13. The van der Waals surface area contributed by atoms with Crippen molar-refractivity contribution in [1.29, 1.82) is 0 Å². The second kappa shape index (κ2) is 5.83. The number of nitrogens with one attached hydrogen (secondary N) is 1. The lowest BCUT2D eigenvalue weighted by Crippen LogP contribution is -2.05. The van der Waals surface area contributed by atoms with Crippen LogP contribution in [0.1, 0.15) is 11.7 Å². The zero-order valence-corrected chi connectivity index (χ0v) is 11.4. The molecule has 2 aromatic rings. The first-order chi connectivity index (χ1) is 9.03. The van der Waals surface area contributed by atoms with Crippen LogP contribution in [0.3, 0.4) is 0 Å². The average Bonchev–Trinajstić information content (AvgIpc) is 2.76. The summed E-state index contributed by atoms with van der Waals surface area (Å²) in [5.41, 5.74) is 1.01. The first kappa shape index (κ1) is 13.5. The Hall–Kier alpha value is -1.89. The van der Waals surface area contributed by atoms with Gasteiger partial charge in [0.05, 0.1) is 0 Å². The maximum atomic E-state index is 11.1. The molecule has 0 bridgehead atoms. The van der Waals surface area contributed by atoms with Gasteiger partial charge in [0.2, 0.25) is 5.89 Å². The Bertz CT molecular complexity index is 623. The summed E-state index contributed by atoms with van der Waals surface area (Å²) in [5.74, 6) is 0.446. The minimum atomic E-state index is -3.13. The van der Waals surface area contributed by atoms with Gasteiger partial charge in [-0.1, -0.05) is 23.4 Å². The summed E-state index contributed by atoms with van der Waals surface area (Å²) in [6.45, 7) is 0.643. The number of rotatable bonds is 6. The second-order valence-corrected chi connectivity index (χ2v) is 6.36. The van der Waals surface area contributed by atoms with Crippen molar-refractivity contribution in [2.45, 2.75) is 12.2 Å². The molecule has 0 unspecified atom stereocenters. The van der Waals surface area contributed by atoms with Crippen LogP contribution < -0.4 is 5.32 Å². The van der Waals surface area contributed by atoms with Crippen molar-refractivity contribution in [2.24, 2.45) is 0 Å². The molecule has 0 amide bonds. The van der Waals surface area contributed by atoms with Crippen LogP contribution >= 0.6 is 0 Å². The lowest BCUT2D eigenvalue weighted by atomic mass is 10.3. The van der Waals surface area contributed by atoms with Gasteiger partial charge in [0.25, 0.3) is 0 Å². The molecule has 1 aromatic carbocycles. The fourth-order valence-electron chi connectivity index (χ4n) is 1.55. The second-order valence-electron chi connectivity index (χ2n) is 4.22. The molecule has 1 aromatic heterocycles. The Balaban J connectivity index is 1.84. The van der Waals surface area contributed by atoms with Gasteiger partial charge in [-0.05, 0) is 12.1 Å². The van der Waals surface area contributed by atoms with Crippen LogP contribution in [0.4, 0.5) is 5.69 Å². The Morgan fingerprint density at radius 2 is 2.00 bits per heavy atom. The number of aromatic nitrogens is 2. The molecule has 102 valence electrons. The topological polar surface area (TPSA) is 85.1 Å². The highest BCUT2D eigenvalue weighted by Crippen LogP contribution is 2.06. The van der Waals surface area contributed by atoms with E-state index in [9.17, 15) is 8.42 Å². The summed E-state index contributed by atoms with van der Waals surface area (Å²) >= 11 is 0. The molecule has 1 heterocycles. The van der Waals surface area contributed by atoms with E-state index >= 15 is 0 Å². The Morgan fingerprint density at radius 3 is 2.68 bits per heavy atom. The molecule has 0 aliphatic carbocycles. The molecule has 0 aliphatic heterocycles. The molecule has 19 heavy (non-hydrogen) atoms. The lowest BCUT2D eigenvalue weighted by Gasteiger charge is -2.02. The zero-order chi connectivity index (χ0) is 13.7. The van der Waals surface area contributed by atoms with Gasteiger partial charge in [0.15, 0.2) is 15.7 Å². The first-order valence-corrected chi connectivity index (χ1v) is 7.87. The van der Waals surface area contributed by atoms with Gasteiger partial charge in [-0.3, -0.25) is 0 Å². The van der Waals surface area contributed by atoms with Gasteiger partial charge in [0.1, 0.15) is 5.75 Å². The number of sulfone groups is 1. The van der Waals surface area contributed by atoms with Crippen molar-refractivity contribution in [3.63, 3.8) is 0 Å². The van der Waals surface area contributed by atoms with Crippen LogP contribution in [0.15, 0.2) is 34.9 Å². The van der Waals surface area contributed by atoms with Gasteiger partial charge in [-0.25, -0.2) is 8.42 Å².